The molecule has 28 heavy (non-hydrogen) atoms. The minimum absolute atomic E-state index is 0.256. The zero-order chi connectivity index (χ0) is 19.8. The molecule has 4 rings (SSSR count). The highest BCUT2D eigenvalue weighted by Gasteiger charge is 2.26. The van der Waals surface area contributed by atoms with Crippen molar-refractivity contribution in [1.82, 2.24) is 9.97 Å². The fourth-order valence-electron chi connectivity index (χ4n) is 3.79. The summed E-state index contributed by atoms with van der Waals surface area (Å²) in [5.41, 5.74) is 1.57. The number of hydrogen-bond acceptors (Lipinski definition) is 5. The number of aromatic nitrogens is 2. The highest BCUT2D eigenvalue weighted by Crippen LogP contribution is 2.36. The van der Waals surface area contributed by atoms with Gasteiger partial charge in [-0.05, 0) is 50.3 Å². The average molecular weight is 399 g/mol. The van der Waals surface area contributed by atoms with Crippen LogP contribution in [0.15, 0.2) is 24.5 Å². The van der Waals surface area contributed by atoms with E-state index in [1.807, 2.05) is 6.92 Å². The maximum atomic E-state index is 13.9. The number of carbonyl (C=O) groups excluding carboxylic acids is 1. The summed E-state index contributed by atoms with van der Waals surface area (Å²) in [4.78, 5) is 26.0. The molecule has 1 fully saturated rings. The number of anilines is 2. The van der Waals surface area contributed by atoms with E-state index in [9.17, 15) is 9.18 Å². The number of benzene rings is 1. The number of carbonyl (C=O) groups is 1. The van der Waals surface area contributed by atoms with E-state index in [0.717, 1.165) is 40.4 Å². The van der Waals surface area contributed by atoms with Crippen molar-refractivity contribution in [3.63, 3.8) is 0 Å². The molecule has 0 unspecified atom stereocenters. The fourth-order valence-corrected chi connectivity index (χ4v) is 4.77. The van der Waals surface area contributed by atoms with Gasteiger partial charge in [-0.15, -0.1) is 11.3 Å². The Hall–Kier alpha value is -2.54. The summed E-state index contributed by atoms with van der Waals surface area (Å²) < 4.78 is 13.9. The molecule has 0 radical (unpaired) electrons. The standard InChI is InChI=1S/C21H23FN4OS/c1-12-5-4-8-26(10-12)19-18-17(14(3)28-21(18)24-11-23-19)20(27)25-15-7-6-13(2)16(22)9-15/h6-7,9,11-12H,4-5,8,10H2,1-3H3,(H,25,27)/t12-/m1/s1. The molecule has 1 aliphatic rings. The number of nitrogens with one attached hydrogen (secondary N) is 1. The van der Waals surface area contributed by atoms with E-state index in [0.29, 0.717) is 22.7 Å². The summed E-state index contributed by atoms with van der Waals surface area (Å²) in [5.74, 6) is 0.816. The molecule has 3 heterocycles. The van der Waals surface area contributed by atoms with Crippen LogP contribution in [0.5, 0.6) is 0 Å². The molecule has 1 N–H and O–H groups in total. The lowest BCUT2D eigenvalue weighted by Gasteiger charge is -2.32. The second kappa shape index (κ2) is 7.47. The molecule has 0 aliphatic carbocycles. The first-order valence-electron chi connectivity index (χ1n) is 9.50. The molecule has 0 spiro atoms. The van der Waals surface area contributed by atoms with Crippen LogP contribution in [0.1, 0.15) is 40.6 Å². The first kappa shape index (κ1) is 18.8. The number of aryl methyl sites for hydroxylation is 2. The molecule has 7 heteroatoms. The quantitative estimate of drug-likeness (QED) is 0.679. The predicted octanol–water partition coefficient (Wildman–Crippen LogP) is 4.94. The third-order valence-corrected chi connectivity index (χ3v) is 6.27. The van der Waals surface area contributed by atoms with Crippen molar-refractivity contribution in [2.75, 3.05) is 23.3 Å². The van der Waals surface area contributed by atoms with Crippen LogP contribution in [0.25, 0.3) is 10.2 Å². The number of fused-ring (bicyclic) bond motifs is 1. The molecule has 146 valence electrons. The van der Waals surface area contributed by atoms with Gasteiger partial charge in [-0.2, -0.15) is 0 Å². The van der Waals surface area contributed by atoms with Crippen LogP contribution < -0.4 is 10.2 Å². The molecule has 1 amide bonds. The van der Waals surface area contributed by atoms with E-state index < -0.39 is 0 Å². The average Bonchev–Trinajstić information content (AvgIpc) is 3.00. The monoisotopic (exact) mass is 398 g/mol. The van der Waals surface area contributed by atoms with Crippen LogP contribution in [0.2, 0.25) is 0 Å². The SMILES string of the molecule is Cc1ccc(NC(=O)c2c(C)sc3ncnc(N4CCC[C@@H](C)C4)c23)cc1F. The Morgan fingerprint density at radius 3 is 2.89 bits per heavy atom. The van der Waals surface area contributed by atoms with Gasteiger partial charge in [0, 0.05) is 23.7 Å². The number of halogens is 1. The summed E-state index contributed by atoms with van der Waals surface area (Å²) in [5, 5.41) is 3.63. The molecule has 0 bridgehead atoms. The molecule has 1 atom stereocenters. The molecule has 3 aromatic rings. The second-order valence-electron chi connectivity index (χ2n) is 7.52. The van der Waals surface area contributed by atoms with E-state index >= 15 is 0 Å². The Bertz CT molecular complexity index is 1050. The molecular formula is C21H23FN4OS. The van der Waals surface area contributed by atoms with Crippen LogP contribution in [0, 0.1) is 25.6 Å². The van der Waals surface area contributed by atoms with Crippen molar-refractivity contribution >= 4 is 39.0 Å². The molecule has 1 saturated heterocycles. The van der Waals surface area contributed by atoms with Crippen LogP contribution in [0.3, 0.4) is 0 Å². The molecular weight excluding hydrogens is 375 g/mol. The van der Waals surface area contributed by atoms with Gasteiger partial charge in [0.15, 0.2) is 0 Å². The lowest BCUT2D eigenvalue weighted by atomic mass is 10.00. The summed E-state index contributed by atoms with van der Waals surface area (Å²) in [7, 11) is 0. The van der Waals surface area contributed by atoms with Crippen molar-refractivity contribution in [1.29, 1.82) is 0 Å². The third-order valence-electron chi connectivity index (χ3n) is 5.26. The second-order valence-corrected chi connectivity index (χ2v) is 8.73. The van der Waals surface area contributed by atoms with Gasteiger partial charge in [0.05, 0.1) is 10.9 Å². The van der Waals surface area contributed by atoms with Crippen molar-refractivity contribution in [2.24, 2.45) is 5.92 Å². The van der Waals surface area contributed by atoms with Gasteiger partial charge in [-0.25, -0.2) is 14.4 Å². The molecule has 5 nitrogen and oxygen atoms in total. The highest BCUT2D eigenvalue weighted by atomic mass is 32.1. The van der Waals surface area contributed by atoms with Crippen molar-refractivity contribution in [3.8, 4) is 0 Å². The van der Waals surface area contributed by atoms with Crippen LogP contribution in [-0.2, 0) is 0 Å². The van der Waals surface area contributed by atoms with E-state index in [-0.39, 0.29) is 11.7 Å². The highest BCUT2D eigenvalue weighted by molar-refractivity contribution is 7.19. The Labute approximate surface area is 167 Å². The van der Waals surface area contributed by atoms with Gasteiger partial charge in [-0.1, -0.05) is 13.0 Å². The Balaban J connectivity index is 1.74. The van der Waals surface area contributed by atoms with Crippen LogP contribution in [-0.4, -0.2) is 29.0 Å². The lowest BCUT2D eigenvalue weighted by Crippen LogP contribution is -2.35. The van der Waals surface area contributed by atoms with Gasteiger partial charge in [0.2, 0.25) is 0 Å². The maximum absolute atomic E-state index is 13.9. The van der Waals surface area contributed by atoms with Gasteiger partial charge in [0.1, 0.15) is 22.8 Å². The maximum Gasteiger partial charge on any atom is 0.257 e. The van der Waals surface area contributed by atoms with E-state index in [2.05, 4.69) is 27.1 Å². The lowest BCUT2D eigenvalue weighted by molar-refractivity contribution is 0.102. The largest absolute Gasteiger partial charge is 0.356 e. The van der Waals surface area contributed by atoms with Crippen LogP contribution >= 0.6 is 11.3 Å². The Morgan fingerprint density at radius 1 is 1.32 bits per heavy atom. The van der Waals surface area contributed by atoms with Gasteiger partial charge in [-0.3, -0.25) is 4.79 Å². The zero-order valence-corrected chi connectivity index (χ0v) is 17.1. The number of thiophene rings is 1. The summed E-state index contributed by atoms with van der Waals surface area (Å²) >= 11 is 1.49. The van der Waals surface area contributed by atoms with Crippen molar-refractivity contribution in [2.45, 2.75) is 33.6 Å². The van der Waals surface area contributed by atoms with E-state index in [1.54, 1.807) is 25.4 Å². The van der Waals surface area contributed by atoms with E-state index in [4.69, 9.17) is 0 Å². The smallest absolute Gasteiger partial charge is 0.257 e. The minimum atomic E-state index is -0.337. The number of hydrogen-bond donors (Lipinski definition) is 1. The first-order chi connectivity index (χ1) is 13.4. The fraction of sp³-hybridized carbons (Fsp3) is 0.381. The van der Waals surface area contributed by atoms with Gasteiger partial charge in [0.25, 0.3) is 5.91 Å². The number of rotatable bonds is 3. The zero-order valence-electron chi connectivity index (χ0n) is 16.3. The number of piperidine rings is 1. The predicted molar refractivity (Wildman–Crippen MR) is 112 cm³/mol. The van der Waals surface area contributed by atoms with Crippen molar-refractivity contribution < 1.29 is 9.18 Å². The Morgan fingerprint density at radius 2 is 2.14 bits per heavy atom. The van der Waals surface area contributed by atoms with Gasteiger partial charge < -0.3 is 10.2 Å². The summed E-state index contributed by atoms with van der Waals surface area (Å²) in [6.07, 6.45) is 3.89. The molecule has 0 saturated carbocycles. The topological polar surface area (TPSA) is 58.1 Å². The van der Waals surface area contributed by atoms with Gasteiger partial charge >= 0.3 is 0 Å². The van der Waals surface area contributed by atoms with E-state index in [1.165, 1.54) is 23.8 Å². The Kier molecular flexibility index (Phi) is 5.02. The number of amides is 1. The number of nitrogens with zero attached hydrogens (tertiary/aromatic N) is 3. The third kappa shape index (κ3) is 3.46. The first-order valence-corrected chi connectivity index (χ1v) is 10.3. The molecule has 2 aromatic heterocycles. The summed E-state index contributed by atoms with van der Waals surface area (Å²) in [6, 6.07) is 4.72. The summed E-state index contributed by atoms with van der Waals surface area (Å²) in [6.45, 7) is 7.70. The molecule has 1 aliphatic heterocycles. The normalized spacial score (nSPS) is 17.1. The van der Waals surface area contributed by atoms with Crippen molar-refractivity contribution in [3.05, 3.63) is 46.3 Å². The minimum Gasteiger partial charge on any atom is -0.356 e. The van der Waals surface area contributed by atoms with Crippen LogP contribution in [0.4, 0.5) is 15.9 Å². The molecule has 1 aromatic carbocycles.